The predicted octanol–water partition coefficient (Wildman–Crippen LogP) is 8.07. The Bertz CT molecular complexity index is 1960. The molecule has 0 saturated carbocycles. The van der Waals surface area contributed by atoms with Crippen molar-refractivity contribution in [3.63, 3.8) is 0 Å². The highest BCUT2D eigenvalue weighted by Gasteiger charge is 2.45. The van der Waals surface area contributed by atoms with Gasteiger partial charge in [-0.1, -0.05) is 37.3 Å². The highest BCUT2D eigenvalue weighted by Crippen LogP contribution is 2.42. The molecule has 9 nitrogen and oxygen atoms in total. The van der Waals surface area contributed by atoms with Crippen molar-refractivity contribution < 1.29 is 27.8 Å². The molecule has 4 heterocycles. The molecule has 1 aromatic heterocycles. The topological polar surface area (TPSA) is 80.3 Å². The second kappa shape index (κ2) is 14.4. The maximum absolute atomic E-state index is 17.1. The van der Waals surface area contributed by atoms with E-state index >= 15 is 8.78 Å². The number of aryl methyl sites for hydroxylation is 2. The molecular weight excluding hydrogens is 664 g/mol. The molecule has 11 heteroatoms. The van der Waals surface area contributed by atoms with E-state index in [-0.39, 0.29) is 52.9 Å². The van der Waals surface area contributed by atoms with Gasteiger partial charge in [-0.05, 0) is 101 Å². The van der Waals surface area contributed by atoms with E-state index in [1.807, 2.05) is 74.8 Å². The minimum Gasteiger partial charge on any atom is -0.463 e. The first-order chi connectivity index (χ1) is 24.8. The van der Waals surface area contributed by atoms with Crippen molar-refractivity contribution >= 4 is 33.6 Å². The number of fused-ring (bicyclic) bond motifs is 4. The summed E-state index contributed by atoms with van der Waals surface area (Å²) in [6.45, 7) is 17.5. The summed E-state index contributed by atoms with van der Waals surface area (Å²) in [7, 11) is 0. The number of hydrogen-bond donors (Lipinski definition) is 0. The van der Waals surface area contributed by atoms with E-state index in [4.69, 9.17) is 19.2 Å². The first-order valence-corrected chi connectivity index (χ1v) is 18.8. The smallest absolute Gasteiger partial charge is 0.410 e. The lowest BCUT2D eigenvalue weighted by Gasteiger charge is -2.42. The summed E-state index contributed by atoms with van der Waals surface area (Å²) in [5.41, 5.74) is 1.71. The number of rotatable bonds is 8. The maximum atomic E-state index is 17.1. The molecule has 3 aromatic carbocycles. The van der Waals surface area contributed by atoms with Crippen LogP contribution in [0.2, 0.25) is 0 Å². The minimum atomic E-state index is -0.743. The number of amides is 1. The molecule has 52 heavy (non-hydrogen) atoms. The third-order valence-electron chi connectivity index (χ3n) is 10.4. The van der Waals surface area contributed by atoms with Crippen LogP contribution in [0.5, 0.6) is 6.01 Å². The molecule has 3 aliphatic rings. The number of hydrogen-bond acceptors (Lipinski definition) is 8. The SMILES string of the molecule is CCc1cccc2cc(C)cc(-c3c(F)cc4c(N5CC6CCC(C5)N6C(=O)OC(C)(C)C)nc(OCCCN5C[C@@H](C)O[C@@H](C)C5)nc4c3F)c12. The second-order valence-corrected chi connectivity index (χ2v) is 15.9. The van der Waals surface area contributed by atoms with Crippen molar-refractivity contribution in [3.8, 4) is 17.1 Å². The fraction of sp³-hybridized carbons (Fsp3) is 0.537. The summed E-state index contributed by atoms with van der Waals surface area (Å²) < 4.78 is 51.5. The molecule has 278 valence electrons. The first kappa shape index (κ1) is 36.3. The lowest BCUT2D eigenvalue weighted by Crippen LogP contribution is -2.57. The van der Waals surface area contributed by atoms with Crippen LogP contribution in [0.15, 0.2) is 36.4 Å². The fourth-order valence-electron chi connectivity index (χ4n) is 8.47. The van der Waals surface area contributed by atoms with Crippen LogP contribution in [-0.2, 0) is 15.9 Å². The van der Waals surface area contributed by atoms with Crippen LogP contribution in [0.4, 0.5) is 19.4 Å². The largest absolute Gasteiger partial charge is 0.463 e. The number of piperazine rings is 1. The van der Waals surface area contributed by atoms with E-state index < -0.39 is 17.2 Å². The normalized spacial score (nSPS) is 22.4. The highest BCUT2D eigenvalue weighted by atomic mass is 19.1. The molecule has 2 bridgehead atoms. The summed E-state index contributed by atoms with van der Waals surface area (Å²) in [5.74, 6) is -1.01. The zero-order valence-electron chi connectivity index (χ0n) is 31.5. The molecule has 2 unspecified atom stereocenters. The van der Waals surface area contributed by atoms with Gasteiger partial charge in [-0.2, -0.15) is 9.97 Å². The Kier molecular flexibility index (Phi) is 10.0. The van der Waals surface area contributed by atoms with Gasteiger partial charge in [0.05, 0.1) is 36.5 Å². The molecule has 4 atom stereocenters. The standard InChI is InChI=1S/C41H51F2N5O4/c1-8-27-11-9-12-28-17-24(2)18-31(34(27)28)35-33(42)19-32-37(36(35)43)44-39(50-16-10-15-46-20-25(3)51-26(4)21-46)45-38(32)47-22-29-13-14-30(23-47)48(29)40(49)52-41(5,6)7/h9,11-12,17-19,25-26,29-30H,8,10,13-16,20-23H2,1-7H3/t25-,26+,29?,30?. The first-order valence-electron chi connectivity index (χ1n) is 18.8. The van der Waals surface area contributed by atoms with Crippen LogP contribution in [0, 0.1) is 18.6 Å². The molecule has 3 aliphatic heterocycles. The summed E-state index contributed by atoms with van der Waals surface area (Å²) in [5, 5.41) is 2.04. The summed E-state index contributed by atoms with van der Waals surface area (Å²) in [4.78, 5) is 28.9. The van der Waals surface area contributed by atoms with E-state index in [1.165, 1.54) is 6.07 Å². The lowest BCUT2D eigenvalue weighted by molar-refractivity contribution is -0.0686. The van der Waals surface area contributed by atoms with Gasteiger partial charge in [-0.15, -0.1) is 0 Å². The van der Waals surface area contributed by atoms with E-state index in [9.17, 15) is 4.79 Å². The van der Waals surface area contributed by atoms with Gasteiger partial charge < -0.3 is 19.1 Å². The third kappa shape index (κ3) is 7.26. The maximum Gasteiger partial charge on any atom is 0.410 e. The van der Waals surface area contributed by atoms with Gasteiger partial charge in [-0.25, -0.2) is 13.6 Å². The van der Waals surface area contributed by atoms with Crippen molar-refractivity contribution in [3.05, 3.63) is 59.2 Å². The van der Waals surface area contributed by atoms with Crippen molar-refractivity contribution in [1.29, 1.82) is 0 Å². The van der Waals surface area contributed by atoms with Crippen molar-refractivity contribution in [2.75, 3.05) is 44.2 Å². The quantitative estimate of drug-likeness (QED) is 0.170. The van der Waals surface area contributed by atoms with Crippen molar-refractivity contribution in [1.82, 2.24) is 19.8 Å². The average molecular weight is 716 g/mol. The van der Waals surface area contributed by atoms with Crippen LogP contribution in [0.3, 0.4) is 0 Å². The van der Waals surface area contributed by atoms with Gasteiger partial charge in [0.15, 0.2) is 5.82 Å². The number of benzene rings is 3. The number of carbonyl (C=O) groups is 1. The Morgan fingerprint density at radius 3 is 2.38 bits per heavy atom. The number of aromatic nitrogens is 2. The van der Waals surface area contributed by atoms with Crippen LogP contribution in [0.25, 0.3) is 32.8 Å². The Morgan fingerprint density at radius 2 is 1.71 bits per heavy atom. The Balaban J connectivity index is 1.27. The molecule has 0 spiro atoms. The molecule has 3 saturated heterocycles. The zero-order chi connectivity index (χ0) is 36.9. The summed E-state index contributed by atoms with van der Waals surface area (Å²) in [6.07, 6.45) is 3.04. The third-order valence-corrected chi connectivity index (χ3v) is 10.4. The van der Waals surface area contributed by atoms with Gasteiger partial charge in [0, 0.05) is 38.1 Å². The van der Waals surface area contributed by atoms with Crippen LogP contribution in [-0.4, -0.2) is 95.1 Å². The molecular formula is C41H51F2N5O4. The zero-order valence-corrected chi connectivity index (χ0v) is 31.5. The van der Waals surface area contributed by atoms with Crippen LogP contribution >= 0.6 is 0 Å². The molecule has 1 amide bonds. The minimum absolute atomic E-state index is 0.0118. The molecule has 0 N–H and O–H groups in total. The van der Waals surface area contributed by atoms with Gasteiger partial charge in [0.1, 0.15) is 22.8 Å². The van der Waals surface area contributed by atoms with Gasteiger partial charge in [-0.3, -0.25) is 9.80 Å². The van der Waals surface area contributed by atoms with Gasteiger partial charge in [0.25, 0.3) is 0 Å². The molecule has 0 aliphatic carbocycles. The van der Waals surface area contributed by atoms with E-state index in [0.29, 0.717) is 37.5 Å². The predicted molar refractivity (Wildman–Crippen MR) is 200 cm³/mol. The Labute approximate surface area is 305 Å². The summed E-state index contributed by atoms with van der Waals surface area (Å²) in [6, 6.07) is 11.1. The Hall–Kier alpha value is -4.09. The lowest BCUT2D eigenvalue weighted by atomic mass is 9.91. The fourth-order valence-corrected chi connectivity index (χ4v) is 8.47. The number of ether oxygens (including phenoxy) is 3. The van der Waals surface area contributed by atoms with Gasteiger partial charge in [0.2, 0.25) is 0 Å². The monoisotopic (exact) mass is 715 g/mol. The number of anilines is 1. The number of halogens is 2. The molecule has 4 aromatic rings. The molecule has 7 rings (SSSR count). The van der Waals surface area contributed by atoms with Crippen molar-refractivity contribution in [2.45, 2.75) is 104 Å². The second-order valence-electron chi connectivity index (χ2n) is 15.9. The van der Waals surface area contributed by atoms with E-state index in [0.717, 1.165) is 60.8 Å². The van der Waals surface area contributed by atoms with Gasteiger partial charge >= 0.3 is 12.1 Å². The molecule has 3 fully saturated rings. The average Bonchev–Trinajstić information content (AvgIpc) is 3.34. The summed E-state index contributed by atoms with van der Waals surface area (Å²) >= 11 is 0. The van der Waals surface area contributed by atoms with E-state index in [1.54, 1.807) is 0 Å². The highest BCUT2D eigenvalue weighted by molar-refractivity contribution is 6.02. The Morgan fingerprint density at radius 1 is 1.00 bits per heavy atom. The van der Waals surface area contributed by atoms with Crippen LogP contribution < -0.4 is 9.64 Å². The van der Waals surface area contributed by atoms with E-state index in [2.05, 4.69) is 23.7 Å². The van der Waals surface area contributed by atoms with Crippen LogP contribution in [0.1, 0.15) is 71.9 Å². The van der Waals surface area contributed by atoms with Crippen molar-refractivity contribution in [2.24, 2.45) is 0 Å². The number of carbonyl (C=O) groups excluding carboxylic acids is 1. The number of morpholine rings is 1. The molecule has 0 radical (unpaired) electrons. The number of nitrogens with zero attached hydrogens (tertiary/aromatic N) is 5.